The van der Waals surface area contributed by atoms with Crippen LogP contribution in [0.15, 0.2) is 30.4 Å². The number of nitrogens with one attached hydrogen (secondary N) is 3. The first kappa shape index (κ1) is 69.5. The Bertz CT molecular complexity index is 2420. The number of unbranched alkanes of at least 4 members (excludes halogenated alkanes) is 1. The number of ether oxygens (including phenoxy) is 4. The first-order chi connectivity index (χ1) is 38.7. The van der Waals surface area contributed by atoms with Gasteiger partial charge in [-0.1, -0.05) is 12.1 Å². The molecule has 83 heavy (non-hydrogen) atoms. The molecular formula is C59H93N9O14S. The van der Waals surface area contributed by atoms with E-state index in [-0.39, 0.29) is 58.0 Å². The minimum absolute atomic E-state index is 0.00240. The lowest BCUT2D eigenvalue weighted by molar-refractivity contribution is -0.159. The fourth-order valence-electron chi connectivity index (χ4n) is 9.37. The number of amides is 6. The predicted octanol–water partition coefficient (Wildman–Crippen LogP) is 2.71. The van der Waals surface area contributed by atoms with E-state index in [1.165, 1.54) is 23.9 Å². The maximum absolute atomic E-state index is 14.4. The smallest absolute Gasteiger partial charge is 0.329 e. The van der Waals surface area contributed by atoms with E-state index < -0.39 is 94.4 Å². The molecule has 23 nitrogen and oxygen atoms in total. The third kappa shape index (κ3) is 26.2. The molecule has 6 amide bonds. The largest absolute Gasteiger partial charge is 0.459 e. The van der Waals surface area contributed by atoms with Gasteiger partial charge in [-0.15, -0.1) is 0 Å². The summed E-state index contributed by atoms with van der Waals surface area (Å²) in [5, 5.41) is 8.14. The van der Waals surface area contributed by atoms with Crippen molar-refractivity contribution in [2.75, 3.05) is 110 Å². The molecule has 1 fully saturated rings. The van der Waals surface area contributed by atoms with Crippen LogP contribution in [0.25, 0.3) is 0 Å². The van der Waals surface area contributed by atoms with Crippen LogP contribution in [-0.4, -0.2) is 233 Å². The first-order valence-corrected chi connectivity index (χ1v) is 30.1. The second-order valence-electron chi connectivity index (χ2n) is 25.2. The van der Waals surface area contributed by atoms with Crippen molar-refractivity contribution in [3.05, 3.63) is 47.0 Å². The average molecular weight is 1180 g/mol. The van der Waals surface area contributed by atoms with Crippen molar-refractivity contribution in [2.24, 2.45) is 0 Å². The van der Waals surface area contributed by atoms with Gasteiger partial charge in [-0.05, 0) is 144 Å². The van der Waals surface area contributed by atoms with E-state index in [9.17, 15) is 47.9 Å². The summed E-state index contributed by atoms with van der Waals surface area (Å²) >= 11 is 1.48. The number of imide groups is 1. The lowest BCUT2D eigenvalue weighted by atomic mass is 9.93. The van der Waals surface area contributed by atoms with Crippen LogP contribution in [0.5, 0.6) is 0 Å². The van der Waals surface area contributed by atoms with E-state index in [4.69, 9.17) is 18.9 Å². The Hall–Kier alpha value is -5.95. The SMILES string of the molecule is CSCC[C@H](NC(=O)c1cccc2c1CCN(C(=O)CN1CCN(CC(=O)OC(C)(C)C)CCN(CC(=O)OC(C)(C)C)CCN(CC(=O)OC(C)(C)C)CC1)C2)C(=O)NCC(=O)N[C@@H](CCCCN1C(=O)C=CC1=O)C(=O)OC(C)(C)C. The second-order valence-corrected chi connectivity index (χ2v) is 26.2. The monoisotopic (exact) mass is 1180 g/mol. The maximum Gasteiger partial charge on any atom is 0.329 e. The fraction of sp³-hybridized carbons (Fsp3) is 0.695. The molecule has 0 aliphatic carbocycles. The summed E-state index contributed by atoms with van der Waals surface area (Å²) < 4.78 is 22.6. The summed E-state index contributed by atoms with van der Waals surface area (Å²) in [4.78, 5) is 143. The van der Waals surface area contributed by atoms with E-state index >= 15 is 0 Å². The summed E-state index contributed by atoms with van der Waals surface area (Å²) in [7, 11) is 0. The summed E-state index contributed by atoms with van der Waals surface area (Å²) in [6.07, 6.45) is 5.75. The zero-order valence-corrected chi connectivity index (χ0v) is 52.2. The number of rotatable bonds is 23. The quantitative estimate of drug-likeness (QED) is 0.0616. The van der Waals surface area contributed by atoms with Crippen molar-refractivity contribution in [1.29, 1.82) is 0 Å². The summed E-state index contributed by atoms with van der Waals surface area (Å²) in [5.74, 6) is -4.12. The number of carbonyl (C=O) groups is 10. The van der Waals surface area contributed by atoms with E-state index in [0.29, 0.717) is 89.5 Å². The molecule has 0 radical (unpaired) electrons. The lowest BCUT2D eigenvalue weighted by Crippen LogP contribution is -2.51. The van der Waals surface area contributed by atoms with Crippen LogP contribution in [0.3, 0.4) is 0 Å². The second kappa shape index (κ2) is 31.8. The molecule has 3 N–H and O–H groups in total. The zero-order valence-electron chi connectivity index (χ0n) is 51.4. The third-order valence-electron chi connectivity index (χ3n) is 13.2. The molecule has 0 spiro atoms. The molecule has 3 aliphatic rings. The number of carbonyl (C=O) groups excluding carboxylic acids is 10. The van der Waals surface area contributed by atoms with Gasteiger partial charge in [0.2, 0.25) is 17.7 Å². The number of hydrogen-bond acceptors (Lipinski definition) is 19. The Labute approximate surface area is 494 Å². The van der Waals surface area contributed by atoms with Gasteiger partial charge in [-0.3, -0.25) is 67.7 Å². The van der Waals surface area contributed by atoms with Crippen molar-refractivity contribution < 1.29 is 66.9 Å². The molecular weight excluding hydrogens is 1090 g/mol. The van der Waals surface area contributed by atoms with Crippen LogP contribution >= 0.6 is 11.8 Å². The van der Waals surface area contributed by atoms with Gasteiger partial charge in [0.15, 0.2) is 0 Å². The van der Waals surface area contributed by atoms with Gasteiger partial charge in [0, 0.05) is 89.7 Å². The van der Waals surface area contributed by atoms with Gasteiger partial charge >= 0.3 is 23.9 Å². The topological polar surface area (TPSA) is 263 Å². The number of hydrogen-bond donors (Lipinski definition) is 3. The van der Waals surface area contributed by atoms with Crippen molar-refractivity contribution >= 4 is 71.1 Å². The van der Waals surface area contributed by atoms with Crippen LogP contribution < -0.4 is 16.0 Å². The van der Waals surface area contributed by atoms with Gasteiger partial charge in [0.1, 0.15) is 34.5 Å². The molecule has 0 bridgehead atoms. The molecule has 0 aromatic heterocycles. The van der Waals surface area contributed by atoms with Gasteiger partial charge < -0.3 is 39.8 Å². The zero-order chi connectivity index (χ0) is 61.9. The normalized spacial score (nSPS) is 17.3. The minimum Gasteiger partial charge on any atom is -0.459 e. The number of esters is 4. The third-order valence-corrected chi connectivity index (χ3v) is 13.8. The van der Waals surface area contributed by atoms with E-state index in [1.807, 2.05) is 52.7 Å². The summed E-state index contributed by atoms with van der Waals surface area (Å²) in [6, 6.07) is 3.17. The number of benzene rings is 1. The van der Waals surface area contributed by atoms with Gasteiger partial charge in [0.25, 0.3) is 17.7 Å². The molecule has 1 aromatic carbocycles. The summed E-state index contributed by atoms with van der Waals surface area (Å²) in [6.45, 7) is 24.6. The van der Waals surface area contributed by atoms with Crippen molar-refractivity contribution in [2.45, 2.75) is 156 Å². The van der Waals surface area contributed by atoms with Crippen LogP contribution in [0, 0.1) is 0 Å². The number of fused-ring (bicyclic) bond motifs is 1. The molecule has 1 saturated heterocycles. The highest BCUT2D eigenvalue weighted by molar-refractivity contribution is 7.98. The van der Waals surface area contributed by atoms with Crippen LogP contribution in [0.1, 0.15) is 130 Å². The molecule has 0 saturated carbocycles. The van der Waals surface area contributed by atoms with Gasteiger partial charge in [-0.25, -0.2) is 4.79 Å². The molecule has 0 unspecified atom stereocenters. The molecule has 3 aliphatic heterocycles. The summed E-state index contributed by atoms with van der Waals surface area (Å²) in [5.41, 5.74) is -1.10. The number of nitrogens with zero attached hydrogens (tertiary/aromatic N) is 6. The predicted molar refractivity (Wildman–Crippen MR) is 314 cm³/mol. The molecule has 3 heterocycles. The number of thioether (sulfide) groups is 1. The highest BCUT2D eigenvalue weighted by atomic mass is 32.2. The Morgan fingerprint density at radius 2 is 1.05 bits per heavy atom. The molecule has 2 atom stereocenters. The lowest BCUT2D eigenvalue weighted by Gasteiger charge is -2.35. The molecule has 1 aromatic rings. The molecule has 4 rings (SSSR count). The van der Waals surface area contributed by atoms with Gasteiger partial charge in [0.05, 0.1) is 32.7 Å². The molecule has 464 valence electrons. The van der Waals surface area contributed by atoms with Crippen molar-refractivity contribution in [3.63, 3.8) is 0 Å². The molecule has 24 heteroatoms. The minimum atomic E-state index is -1.08. The van der Waals surface area contributed by atoms with E-state index in [0.717, 1.165) is 16.0 Å². The Morgan fingerprint density at radius 3 is 1.51 bits per heavy atom. The van der Waals surface area contributed by atoms with Gasteiger partial charge in [-0.2, -0.15) is 11.8 Å². The maximum atomic E-state index is 14.4. The highest BCUT2D eigenvalue weighted by Crippen LogP contribution is 2.24. The standard InChI is InChI=1S/C59H93N9O14S/c1-56(2,3)79-50(73)38-64-28-26-63(27-29-65(39-51(74)80-57(4,5)6)31-33-66(32-30-64)40-52(75)81-58(7,8)9)37-49(72)67-25-22-42-41(36-67)17-16-18-43(42)53(76)62-44(23-34-83-13)54(77)60-35-46(69)61-45(55(78)82-59(10,11)12)19-14-15-24-68-47(70)20-21-48(68)71/h16-18,20-21,44-45H,14-15,19,22-40H2,1-13H3,(H,60,77)(H,61,69)(H,62,76)/t44-,45-/m0/s1. The highest BCUT2D eigenvalue weighted by Gasteiger charge is 2.32. The average Bonchev–Trinajstić information content (AvgIpc) is 3.92. The van der Waals surface area contributed by atoms with Crippen LogP contribution in [0.4, 0.5) is 0 Å². The van der Waals surface area contributed by atoms with Crippen molar-refractivity contribution in [3.8, 4) is 0 Å². The Balaban J connectivity index is 1.45. The fourth-order valence-corrected chi connectivity index (χ4v) is 9.85. The van der Waals surface area contributed by atoms with Crippen molar-refractivity contribution in [1.82, 2.24) is 45.3 Å². The van der Waals surface area contributed by atoms with E-state index in [1.54, 1.807) is 79.3 Å². The van der Waals surface area contributed by atoms with Crippen LogP contribution in [-0.2, 0) is 75.1 Å². The first-order valence-electron chi connectivity index (χ1n) is 28.7. The Morgan fingerprint density at radius 1 is 0.578 bits per heavy atom. The van der Waals surface area contributed by atoms with Crippen LogP contribution in [0.2, 0.25) is 0 Å². The Kier molecular flexibility index (Phi) is 26.6. The van der Waals surface area contributed by atoms with E-state index in [2.05, 4.69) is 16.0 Å².